The number of benzene rings is 2. The second-order valence-electron chi connectivity index (χ2n) is 10.1. The molecule has 0 bridgehead atoms. The third-order valence-electron chi connectivity index (χ3n) is 7.45. The molecule has 0 saturated carbocycles. The maximum Gasteiger partial charge on any atom is 0.113 e. The minimum Gasteiger partial charge on any atom is -0.394 e. The summed E-state index contributed by atoms with van der Waals surface area (Å²) in [5, 5.41) is 80.1. The smallest absolute Gasteiger partial charge is 0.113 e. The Morgan fingerprint density at radius 1 is 0.579 bits per heavy atom. The Hall–Kier alpha value is -2.22. The zero-order valence-electron chi connectivity index (χ0n) is 21.2. The van der Waals surface area contributed by atoms with E-state index in [1.54, 1.807) is 12.1 Å². The van der Waals surface area contributed by atoms with Crippen LogP contribution in [0.3, 0.4) is 0 Å². The zero-order chi connectivity index (χ0) is 27.7. The van der Waals surface area contributed by atoms with Crippen molar-refractivity contribution in [3.05, 3.63) is 69.8 Å². The number of aliphatic hydroxyl groups is 8. The first kappa shape index (κ1) is 28.8. The first-order valence-corrected chi connectivity index (χ1v) is 12.6. The van der Waals surface area contributed by atoms with Crippen LogP contribution in [0.4, 0.5) is 0 Å². The molecular weight excluding hydrogens is 496 g/mol. The van der Waals surface area contributed by atoms with Gasteiger partial charge in [-0.3, -0.25) is 0 Å². The predicted molar refractivity (Wildman–Crippen MR) is 137 cm³/mol. The van der Waals surface area contributed by atoms with Gasteiger partial charge in [-0.05, 0) is 47.2 Å². The van der Waals surface area contributed by atoms with Gasteiger partial charge in [0.1, 0.15) is 61.0 Å². The number of rotatable bonds is 6. The van der Waals surface area contributed by atoms with E-state index >= 15 is 0 Å². The first-order valence-electron chi connectivity index (χ1n) is 12.6. The van der Waals surface area contributed by atoms with Crippen LogP contribution in [-0.2, 0) is 9.47 Å². The van der Waals surface area contributed by atoms with E-state index in [1.165, 1.54) is 0 Å². The largest absolute Gasteiger partial charge is 0.394 e. The minimum absolute atomic E-state index is 0.490. The third-order valence-corrected chi connectivity index (χ3v) is 7.45. The molecule has 0 amide bonds. The van der Waals surface area contributed by atoms with Crippen molar-refractivity contribution < 1.29 is 50.3 Å². The van der Waals surface area contributed by atoms with Crippen molar-refractivity contribution in [1.29, 1.82) is 0 Å². The molecule has 2 saturated heterocycles. The van der Waals surface area contributed by atoms with Crippen molar-refractivity contribution in [2.45, 2.75) is 74.9 Å². The van der Waals surface area contributed by atoms with Crippen molar-refractivity contribution in [2.24, 2.45) is 0 Å². The molecule has 2 aliphatic heterocycles. The van der Waals surface area contributed by atoms with Crippen molar-refractivity contribution in [1.82, 2.24) is 0 Å². The fourth-order valence-corrected chi connectivity index (χ4v) is 5.15. The highest BCUT2D eigenvalue weighted by atomic mass is 16.6. The lowest BCUT2D eigenvalue weighted by Crippen LogP contribution is -2.55. The molecule has 0 aliphatic carbocycles. The van der Waals surface area contributed by atoms with E-state index in [-0.39, 0.29) is 0 Å². The Morgan fingerprint density at radius 2 is 0.947 bits per heavy atom. The predicted octanol–water partition coefficient (Wildman–Crippen LogP) is -0.496. The minimum atomic E-state index is -1.45. The highest BCUT2D eigenvalue weighted by molar-refractivity contribution is 5.70. The van der Waals surface area contributed by atoms with Gasteiger partial charge in [-0.2, -0.15) is 0 Å². The SMILES string of the molecule is Cc1cc(/C=C/c2ccc([C@H]3O[C@H](CO)[C@@H](O)[C@H](O)[C@@H]3O)c(C)c2)ccc1[C@H]1O[C@H](CO)[C@@H](O)[C@H](O)[C@@H]1O. The highest BCUT2D eigenvalue weighted by Crippen LogP contribution is 2.36. The molecule has 2 fully saturated rings. The van der Waals surface area contributed by atoms with E-state index < -0.39 is 74.3 Å². The van der Waals surface area contributed by atoms with Crippen LogP contribution in [0.5, 0.6) is 0 Å². The summed E-state index contributed by atoms with van der Waals surface area (Å²) in [7, 11) is 0. The molecule has 2 aromatic rings. The van der Waals surface area contributed by atoms with Gasteiger partial charge in [-0.1, -0.05) is 48.6 Å². The average molecular weight is 533 g/mol. The highest BCUT2D eigenvalue weighted by Gasteiger charge is 2.45. The summed E-state index contributed by atoms with van der Waals surface area (Å²) in [4.78, 5) is 0. The van der Waals surface area contributed by atoms with Gasteiger partial charge in [0, 0.05) is 0 Å². The van der Waals surface area contributed by atoms with Crippen LogP contribution in [0.15, 0.2) is 36.4 Å². The van der Waals surface area contributed by atoms with Gasteiger partial charge in [0.05, 0.1) is 13.2 Å². The fourth-order valence-electron chi connectivity index (χ4n) is 5.15. The topological polar surface area (TPSA) is 180 Å². The van der Waals surface area contributed by atoms with Gasteiger partial charge >= 0.3 is 0 Å². The van der Waals surface area contributed by atoms with Crippen LogP contribution in [0.1, 0.15) is 45.6 Å². The monoisotopic (exact) mass is 532 g/mol. The quantitative estimate of drug-likeness (QED) is 0.226. The van der Waals surface area contributed by atoms with Crippen LogP contribution in [-0.4, -0.2) is 103 Å². The number of aryl methyl sites for hydroxylation is 2. The summed E-state index contributed by atoms with van der Waals surface area (Å²) in [5.41, 5.74) is 4.60. The Balaban J connectivity index is 1.50. The summed E-state index contributed by atoms with van der Waals surface area (Å²) in [6, 6.07) is 11.0. The lowest BCUT2D eigenvalue weighted by molar-refractivity contribution is -0.231. The van der Waals surface area contributed by atoms with Crippen molar-refractivity contribution >= 4 is 12.2 Å². The molecule has 2 heterocycles. The summed E-state index contributed by atoms with van der Waals surface area (Å²) >= 11 is 0. The molecule has 4 rings (SSSR count). The van der Waals surface area contributed by atoms with Gasteiger partial charge < -0.3 is 50.3 Å². The summed E-state index contributed by atoms with van der Waals surface area (Å²) in [5.74, 6) is 0. The van der Waals surface area contributed by atoms with Crippen LogP contribution < -0.4 is 0 Å². The molecule has 2 aliphatic rings. The second kappa shape index (κ2) is 11.9. The summed E-state index contributed by atoms with van der Waals surface area (Å²) < 4.78 is 11.4. The Bertz CT molecular complexity index is 1050. The van der Waals surface area contributed by atoms with Crippen LogP contribution >= 0.6 is 0 Å². The van der Waals surface area contributed by atoms with Gasteiger partial charge in [-0.25, -0.2) is 0 Å². The number of hydrogen-bond donors (Lipinski definition) is 8. The van der Waals surface area contributed by atoms with Gasteiger partial charge in [0.25, 0.3) is 0 Å². The van der Waals surface area contributed by atoms with E-state index in [9.17, 15) is 40.9 Å². The van der Waals surface area contributed by atoms with Gasteiger partial charge in [-0.15, -0.1) is 0 Å². The summed E-state index contributed by atoms with van der Waals surface area (Å²) in [6.07, 6.45) is -8.39. The normalized spacial score (nSPS) is 36.1. The molecular formula is C28H36O10. The molecule has 0 spiro atoms. The van der Waals surface area contributed by atoms with E-state index in [0.717, 1.165) is 22.3 Å². The molecule has 0 radical (unpaired) electrons. The maximum atomic E-state index is 10.4. The lowest BCUT2D eigenvalue weighted by Gasteiger charge is -2.40. The Kier molecular flexibility index (Phi) is 9.00. The molecule has 38 heavy (non-hydrogen) atoms. The lowest BCUT2D eigenvalue weighted by atomic mass is 9.88. The van der Waals surface area contributed by atoms with E-state index in [1.807, 2.05) is 50.3 Å². The Morgan fingerprint density at radius 3 is 1.26 bits per heavy atom. The molecule has 8 N–H and O–H groups in total. The van der Waals surface area contributed by atoms with Gasteiger partial charge in [0.2, 0.25) is 0 Å². The standard InChI is InChI=1S/C28H36O10/c1-13-9-15(5-7-17(13)27-25(35)23(33)21(31)19(11-29)37-27)3-4-16-6-8-18(14(2)10-16)28-26(36)24(34)22(32)20(12-30)38-28/h3-10,19-36H,11-12H2,1-2H3/b4-3+/t19-,20-,21-,22-,23+,24+,25+,26+,27-,28-/m1/s1. The zero-order valence-corrected chi connectivity index (χ0v) is 21.2. The van der Waals surface area contributed by atoms with Crippen molar-refractivity contribution in [2.75, 3.05) is 13.2 Å². The molecule has 0 aromatic heterocycles. The molecule has 2 aromatic carbocycles. The first-order chi connectivity index (χ1) is 18.1. The van der Waals surface area contributed by atoms with Crippen LogP contribution in [0, 0.1) is 13.8 Å². The van der Waals surface area contributed by atoms with Gasteiger partial charge in [0.15, 0.2) is 0 Å². The maximum absolute atomic E-state index is 10.4. The molecule has 10 nitrogen and oxygen atoms in total. The van der Waals surface area contributed by atoms with E-state index in [4.69, 9.17) is 9.47 Å². The number of hydrogen-bond acceptors (Lipinski definition) is 10. The van der Waals surface area contributed by atoms with Crippen LogP contribution in [0.2, 0.25) is 0 Å². The Labute approximate surface area is 220 Å². The molecule has 0 unspecified atom stereocenters. The van der Waals surface area contributed by atoms with E-state index in [2.05, 4.69) is 0 Å². The molecule has 10 heteroatoms. The van der Waals surface area contributed by atoms with Crippen molar-refractivity contribution in [3.8, 4) is 0 Å². The molecule has 208 valence electrons. The fraction of sp³-hybridized carbons (Fsp3) is 0.500. The second-order valence-corrected chi connectivity index (χ2v) is 10.1. The third kappa shape index (κ3) is 5.56. The van der Waals surface area contributed by atoms with Crippen molar-refractivity contribution in [3.63, 3.8) is 0 Å². The summed E-state index contributed by atoms with van der Waals surface area (Å²) in [6.45, 7) is 2.70. The van der Waals surface area contributed by atoms with Crippen LogP contribution in [0.25, 0.3) is 12.2 Å². The number of aliphatic hydroxyl groups excluding tert-OH is 8. The average Bonchev–Trinajstić information content (AvgIpc) is 2.90. The van der Waals surface area contributed by atoms with E-state index in [0.29, 0.717) is 11.1 Å². The number of ether oxygens (including phenoxy) is 2. The molecule has 10 atom stereocenters.